The summed E-state index contributed by atoms with van der Waals surface area (Å²) in [6, 6.07) is 7.91. The zero-order chi connectivity index (χ0) is 41.2. The number of hydrogen-bond donors (Lipinski definition) is 10. The fraction of sp³-hybridized carbons (Fsp3) is 0.429. The standard InChI is InChI=1S/C35H48ClN9O10/c1-18(28(48)34(53)40-17-26(47)55-3)41-31(50)24(6-4-5-15-37)42-35(54)29(39)45-33(52)27(19(2)46)44-32(51)25(16-38)43-30(49)22-9-7-20(8-10-22)21-11-13-23(36)14-12-21/h7-14,18-19,24-25,27,29,46H,4-6,15-17,37-39H2,1-3H3,(H,40,53)(H,41,50)(H,42,54)(H,43,49)(H,44,51)(H,45,52)/t18-,19+,24-,25-,27-,29+/m0/s1. The Kier molecular flexibility index (Phi) is 18.8. The molecular weight excluding hydrogens is 742 g/mol. The van der Waals surface area contributed by atoms with Crippen LogP contribution in [0, 0.1) is 0 Å². The van der Waals surface area contributed by atoms with Crippen molar-refractivity contribution in [1.82, 2.24) is 31.9 Å². The van der Waals surface area contributed by atoms with Gasteiger partial charge in [0.15, 0.2) is 6.17 Å². The van der Waals surface area contributed by atoms with E-state index in [0.717, 1.165) is 18.2 Å². The predicted octanol–water partition coefficient (Wildman–Crippen LogP) is -2.69. The zero-order valence-electron chi connectivity index (χ0n) is 30.6. The van der Waals surface area contributed by atoms with Crippen molar-refractivity contribution in [3.05, 3.63) is 59.1 Å². The number of rotatable bonds is 21. The lowest BCUT2D eigenvalue weighted by Crippen LogP contribution is -2.63. The van der Waals surface area contributed by atoms with E-state index in [4.69, 9.17) is 28.8 Å². The van der Waals surface area contributed by atoms with Crippen molar-refractivity contribution >= 4 is 58.8 Å². The molecule has 55 heavy (non-hydrogen) atoms. The van der Waals surface area contributed by atoms with Crippen LogP contribution in [0.1, 0.15) is 43.5 Å². The van der Waals surface area contributed by atoms with E-state index in [1.54, 1.807) is 36.4 Å². The number of methoxy groups -OCH3 is 1. The predicted molar refractivity (Wildman–Crippen MR) is 199 cm³/mol. The average molecular weight is 790 g/mol. The molecule has 2 aromatic rings. The monoisotopic (exact) mass is 789 g/mol. The Morgan fingerprint density at radius 2 is 1.33 bits per heavy atom. The minimum Gasteiger partial charge on any atom is -0.468 e. The molecule has 2 aromatic carbocycles. The van der Waals surface area contributed by atoms with Crippen molar-refractivity contribution in [1.29, 1.82) is 0 Å². The molecule has 13 N–H and O–H groups in total. The van der Waals surface area contributed by atoms with Gasteiger partial charge in [0.25, 0.3) is 17.7 Å². The summed E-state index contributed by atoms with van der Waals surface area (Å²) in [7, 11) is 1.09. The van der Waals surface area contributed by atoms with Gasteiger partial charge in [-0.25, -0.2) is 0 Å². The highest BCUT2D eigenvalue weighted by atomic mass is 35.5. The molecule has 300 valence electrons. The van der Waals surface area contributed by atoms with E-state index in [0.29, 0.717) is 17.9 Å². The molecule has 0 spiro atoms. The first-order valence-corrected chi connectivity index (χ1v) is 17.5. The maximum Gasteiger partial charge on any atom is 0.325 e. The van der Waals surface area contributed by atoms with E-state index in [1.165, 1.54) is 13.8 Å². The first-order valence-electron chi connectivity index (χ1n) is 17.1. The number of aliphatic hydroxyl groups excluding tert-OH is 1. The smallest absolute Gasteiger partial charge is 0.325 e. The topological polar surface area (TPSA) is 316 Å². The molecule has 0 unspecified atom stereocenters. The second-order valence-electron chi connectivity index (χ2n) is 12.3. The zero-order valence-corrected chi connectivity index (χ0v) is 31.3. The van der Waals surface area contributed by atoms with Gasteiger partial charge in [-0.05, 0) is 75.0 Å². The van der Waals surface area contributed by atoms with E-state index in [-0.39, 0.29) is 25.1 Å². The van der Waals surface area contributed by atoms with Crippen LogP contribution in [-0.2, 0) is 38.3 Å². The number of hydrogen-bond acceptors (Lipinski definition) is 13. The third-order valence-corrected chi connectivity index (χ3v) is 8.25. The number of carbonyl (C=O) groups is 8. The van der Waals surface area contributed by atoms with Gasteiger partial charge in [0.1, 0.15) is 24.7 Å². The number of aliphatic hydroxyl groups is 1. The molecule has 20 heteroatoms. The summed E-state index contributed by atoms with van der Waals surface area (Å²) < 4.78 is 4.39. The van der Waals surface area contributed by atoms with Gasteiger partial charge >= 0.3 is 5.97 Å². The molecule has 0 bridgehead atoms. The number of ketones is 1. The summed E-state index contributed by atoms with van der Waals surface area (Å²) in [5.41, 5.74) is 19.1. The van der Waals surface area contributed by atoms with Gasteiger partial charge in [-0.2, -0.15) is 0 Å². The fourth-order valence-corrected chi connectivity index (χ4v) is 4.93. The Morgan fingerprint density at radius 1 is 0.745 bits per heavy atom. The molecule has 0 fully saturated rings. The minimum absolute atomic E-state index is 0.0237. The number of carbonyl (C=O) groups excluding carboxylic acids is 8. The Morgan fingerprint density at radius 3 is 1.87 bits per heavy atom. The van der Waals surface area contributed by atoms with E-state index in [2.05, 4.69) is 36.6 Å². The molecule has 0 aliphatic carbocycles. The van der Waals surface area contributed by atoms with E-state index in [9.17, 15) is 43.5 Å². The van der Waals surface area contributed by atoms with Crippen molar-refractivity contribution in [2.75, 3.05) is 26.7 Å². The summed E-state index contributed by atoms with van der Waals surface area (Å²) in [6.45, 7) is 1.71. The third-order valence-electron chi connectivity index (χ3n) is 8.00. The van der Waals surface area contributed by atoms with Gasteiger partial charge in [0, 0.05) is 17.1 Å². The van der Waals surface area contributed by atoms with Crippen LogP contribution in [0.2, 0.25) is 5.02 Å². The summed E-state index contributed by atoms with van der Waals surface area (Å²) in [4.78, 5) is 101. The number of benzene rings is 2. The quantitative estimate of drug-likeness (QED) is 0.0267. The van der Waals surface area contributed by atoms with Gasteiger partial charge in [0.05, 0.1) is 19.3 Å². The highest BCUT2D eigenvalue weighted by molar-refractivity contribution is 6.38. The maximum atomic E-state index is 13.1. The Labute approximate surface area is 322 Å². The largest absolute Gasteiger partial charge is 0.468 e. The molecule has 0 aromatic heterocycles. The highest BCUT2D eigenvalue weighted by Crippen LogP contribution is 2.22. The molecule has 0 radical (unpaired) electrons. The lowest BCUT2D eigenvalue weighted by atomic mass is 10.0. The number of Topliss-reactive ketones (excluding diaryl/α,β-unsaturated/α-hetero) is 1. The molecule has 0 heterocycles. The molecule has 19 nitrogen and oxygen atoms in total. The molecule has 6 amide bonds. The summed E-state index contributed by atoms with van der Waals surface area (Å²) in [6.07, 6.45) is -2.49. The van der Waals surface area contributed by atoms with E-state index >= 15 is 0 Å². The summed E-state index contributed by atoms with van der Waals surface area (Å²) in [5.74, 6) is -7.63. The van der Waals surface area contributed by atoms with E-state index in [1.807, 2.05) is 12.1 Å². The molecule has 0 saturated heterocycles. The number of esters is 1. The normalized spacial score (nSPS) is 14.0. The average Bonchev–Trinajstić information content (AvgIpc) is 3.16. The number of ether oxygens (including phenoxy) is 1. The molecule has 0 aliphatic heterocycles. The molecule has 6 atom stereocenters. The number of unbranched alkanes of at least 4 members (excludes halogenated alkanes) is 1. The van der Waals surface area contributed by atoms with Crippen molar-refractivity contribution in [2.45, 2.75) is 69.5 Å². The number of nitrogens with one attached hydrogen (secondary N) is 6. The summed E-state index contributed by atoms with van der Waals surface area (Å²) in [5, 5.41) is 24.6. The van der Waals surface area contributed by atoms with Crippen molar-refractivity contribution < 1.29 is 48.2 Å². The van der Waals surface area contributed by atoms with Gasteiger partial charge < -0.3 is 58.9 Å². The molecular formula is C35H48ClN9O10. The Bertz CT molecular complexity index is 1680. The van der Waals surface area contributed by atoms with Crippen molar-refractivity contribution in [3.63, 3.8) is 0 Å². The van der Waals surface area contributed by atoms with Crippen molar-refractivity contribution in [3.8, 4) is 11.1 Å². The third kappa shape index (κ3) is 14.7. The van der Waals surface area contributed by atoms with Crippen LogP contribution in [0.4, 0.5) is 0 Å². The lowest BCUT2D eigenvalue weighted by Gasteiger charge is -2.26. The van der Waals surface area contributed by atoms with Crippen LogP contribution >= 0.6 is 11.6 Å². The van der Waals surface area contributed by atoms with Crippen LogP contribution in [0.25, 0.3) is 11.1 Å². The fourth-order valence-electron chi connectivity index (χ4n) is 4.81. The Hall–Kier alpha value is -5.47. The van der Waals surface area contributed by atoms with Gasteiger partial charge in [-0.1, -0.05) is 35.9 Å². The Balaban J connectivity index is 2.04. The highest BCUT2D eigenvalue weighted by Gasteiger charge is 2.33. The first kappa shape index (κ1) is 45.7. The SMILES string of the molecule is COC(=O)CNC(=O)C(=O)[C@H](C)NC(=O)[C@H](CCCCN)NC(=O)[C@H](N)NC(=O)[C@@H](NC(=O)[C@H](CN)NC(=O)c1ccc(-c2ccc(Cl)cc2)cc1)[C@@H](C)O. The number of halogens is 1. The van der Waals surface area contributed by atoms with Crippen molar-refractivity contribution in [2.24, 2.45) is 17.2 Å². The molecule has 0 saturated carbocycles. The maximum absolute atomic E-state index is 13.1. The number of nitrogens with two attached hydrogens (primary N) is 3. The van der Waals surface area contributed by atoms with Gasteiger partial charge in [0.2, 0.25) is 23.5 Å². The van der Waals surface area contributed by atoms with Gasteiger partial charge in [-0.15, -0.1) is 0 Å². The van der Waals surface area contributed by atoms with Crippen LogP contribution in [0.3, 0.4) is 0 Å². The molecule has 2 rings (SSSR count). The minimum atomic E-state index is -1.81. The van der Waals surface area contributed by atoms with Crippen LogP contribution < -0.4 is 49.1 Å². The van der Waals surface area contributed by atoms with Crippen LogP contribution in [0.15, 0.2) is 48.5 Å². The van der Waals surface area contributed by atoms with Crippen LogP contribution in [0.5, 0.6) is 0 Å². The number of amides is 6. The second kappa shape index (κ2) is 22.7. The second-order valence-corrected chi connectivity index (χ2v) is 12.7. The lowest BCUT2D eigenvalue weighted by molar-refractivity contribution is -0.144. The summed E-state index contributed by atoms with van der Waals surface area (Å²) >= 11 is 5.95. The van der Waals surface area contributed by atoms with Gasteiger partial charge in [-0.3, -0.25) is 38.4 Å². The van der Waals surface area contributed by atoms with E-state index < -0.39 is 90.2 Å². The first-order chi connectivity index (χ1) is 26.0. The van der Waals surface area contributed by atoms with Crippen LogP contribution in [-0.4, -0.2) is 115 Å². The molecule has 0 aliphatic rings.